The third-order valence-electron chi connectivity index (χ3n) is 4.51. The largest absolute Gasteiger partial charge is 0.322 e. The molecule has 0 saturated carbocycles. The number of benzene rings is 2. The Labute approximate surface area is 167 Å². The summed E-state index contributed by atoms with van der Waals surface area (Å²) in [5.41, 5.74) is 1.78. The first-order chi connectivity index (χ1) is 13.0. The fourth-order valence-electron chi connectivity index (χ4n) is 2.99. The summed E-state index contributed by atoms with van der Waals surface area (Å²) in [5, 5.41) is 4.40. The van der Waals surface area contributed by atoms with Crippen LogP contribution in [0.2, 0.25) is 19.6 Å². The van der Waals surface area contributed by atoms with Crippen LogP contribution in [0.15, 0.2) is 54.6 Å². The van der Waals surface area contributed by atoms with E-state index in [1.807, 2.05) is 36.4 Å². The SMILES string of the molecule is CN(C)S(=O)(=O)n1c([Si](C)(C)C)cc2cc(C(=O)Nc3ccccc3)ccc21. The number of nitrogens with zero attached hydrogens (tertiary/aromatic N) is 2. The van der Waals surface area contributed by atoms with Gasteiger partial charge in [-0.1, -0.05) is 37.8 Å². The van der Waals surface area contributed by atoms with Gasteiger partial charge in [-0.2, -0.15) is 12.7 Å². The van der Waals surface area contributed by atoms with Crippen LogP contribution in [0.4, 0.5) is 5.69 Å². The van der Waals surface area contributed by atoms with Gasteiger partial charge in [0.2, 0.25) is 0 Å². The van der Waals surface area contributed by atoms with Gasteiger partial charge in [0, 0.05) is 36.0 Å². The lowest BCUT2D eigenvalue weighted by Gasteiger charge is -2.22. The summed E-state index contributed by atoms with van der Waals surface area (Å²) < 4.78 is 28.6. The van der Waals surface area contributed by atoms with Gasteiger partial charge in [0.05, 0.1) is 5.52 Å². The van der Waals surface area contributed by atoms with Crippen LogP contribution in [-0.2, 0) is 10.2 Å². The molecule has 3 aromatic rings. The Morgan fingerprint density at radius 2 is 1.64 bits per heavy atom. The van der Waals surface area contributed by atoms with Gasteiger partial charge in [-0.15, -0.1) is 0 Å². The number of hydrogen-bond acceptors (Lipinski definition) is 3. The summed E-state index contributed by atoms with van der Waals surface area (Å²) in [7, 11) is -2.59. The fraction of sp³-hybridized carbons (Fsp3) is 0.250. The van der Waals surface area contributed by atoms with Crippen molar-refractivity contribution < 1.29 is 13.2 Å². The van der Waals surface area contributed by atoms with Crippen molar-refractivity contribution in [2.24, 2.45) is 0 Å². The van der Waals surface area contributed by atoms with E-state index in [0.717, 1.165) is 10.7 Å². The van der Waals surface area contributed by atoms with E-state index >= 15 is 0 Å². The highest BCUT2D eigenvalue weighted by Gasteiger charge is 2.30. The zero-order valence-corrected chi connectivity index (χ0v) is 18.5. The number of aromatic nitrogens is 1. The van der Waals surface area contributed by atoms with Gasteiger partial charge >= 0.3 is 10.2 Å². The standard InChI is InChI=1S/C20H25N3O3SSi/c1-22(2)27(25,26)23-18-12-11-15(13-16(18)14-19(23)28(3,4)5)20(24)21-17-9-7-6-8-10-17/h6-14H,1-5H3,(H,21,24). The highest BCUT2D eigenvalue weighted by Crippen LogP contribution is 2.22. The lowest BCUT2D eigenvalue weighted by Crippen LogP contribution is -2.47. The molecule has 0 aliphatic rings. The van der Waals surface area contributed by atoms with Crippen LogP contribution in [0.3, 0.4) is 0 Å². The highest BCUT2D eigenvalue weighted by molar-refractivity contribution is 7.88. The third kappa shape index (κ3) is 3.75. The van der Waals surface area contributed by atoms with Crippen molar-refractivity contribution in [3.63, 3.8) is 0 Å². The van der Waals surface area contributed by atoms with Crippen molar-refractivity contribution in [2.75, 3.05) is 19.4 Å². The van der Waals surface area contributed by atoms with E-state index in [1.54, 1.807) is 18.2 Å². The second kappa shape index (κ2) is 7.19. The van der Waals surface area contributed by atoms with E-state index < -0.39 is 18.3 Å². The van der Waals surface area contributed by atoms with E-state index in [9.17, 15) is 13.2 Å². The maximum atomic E-state index is 13.0. The normalized spacial score (nSPS) is 12.5. The van der Waals surface area contributed by atoms with Gasteiger partial charge in [-0.3, -0.25) is 4.79 Å². The van der Waals surface area contributed by atoms with Crippen LogP contribution >= 0.6 is 0 Å². The molecule has 6 nitrogen and oxygen atoms in total. The molecule has 1 N–H and O–H groups in total. The molecule has 8 heteroatoms. The minimum Gasteiger partial charge on any atom is -0.322 e. The quantitative estimate of drug-likeness (QED) is 0.651. The van der Waals surface area contributed by atoms with Crippen LogP contribution in [0.25, 0.3) is 10.9 Å². The molecule has 0 aliphatic carbocycles. The predicted octanol–water partition coefficient (Wildman–Crippen LogP) is 3.09. The van der Waals surface area contributed by atoms with Crippen LogP contribution in [0.5, 0.6) is 0 Å². The van der Waals surface area contributed by atoms with E-state index in [4.69, 9.17) is 0 Å². The lowest BCUT2D eigenvalue weighted by atomic mass is 10.1. The molecule has 0 unspecified atom stereocenters. The molecule has 0 atom stereocenters. The summed E-state index contributed by atoms with van der Waals surface area (Å²) in [6.07, 6.45) is 0. The second-order valence-corrected chi connectivity index (χ2v) is 14.9. The molecule has 0 spiro atoms. The summed E-state index contributed by atoms with van der Waals surface area (Å²) in [5.74, 6) is -0.231. The number of hydrogen-bond donors (Lipinski definition) is 1. The van der Waals surface area contributed by atoms with E-state index in [-0.39, 0.29) is 5.91 Å². The fourth-order valence-corrected chi connectivity index (χ4v) is 6.52. The van der Waals surface area contributed by atoms with Gasteiger partial charge in [0.15, 0.2) is 0 Å². The number of fused-ring (bicyclic) bond motifs is 1. The molecule has 28 heavy (non-hydrogen) atoms. The number of carbonyl (C=O) groups is 1. The summed E-state index contributed by atoms with van der Waals surface area (Å²) in [6.45, 7) is 6.31. The van der Waals surface area contributed by atoms with Crippen molar-refractivity contribution in [1.29, 1.82) is 0 Å². The topological polar surface area (TPSA) is 71.4 Å². The molecule has 1 heterocycles. The predicted molar refractivity (Wildman–Crippen MR) is 117 cm³/mol. The summed E-state index contributed by atoms with van der Waals surface area (Å²) in [4.78, 5) is 12.6. The molecule has 0 fully saturated rings. The number of nitrogens with one attached hydrogen (secondary N) is 1. The molecular formula is C20H25N3O3SSi. The van der Waals surface area contributed by atoms with E-state index in [1.165, 1.54) is 22.4 Å². The van der Waals surface area contributed by atoms with Crippen LogP contribution in [0, 0.1) is 0 Å². The van der Waals surface area contributed by atoms with E-state index in [2.05, 4.69) is 25.0 Å². The Bertz CT molecular complexity index is 1130. The number of amides is 1. The molecule has 0 saturated heterocycles. The molecule has 3 rings (SSSR count). The van der Waals surface area contributed by atoms with Gasteiger partial charge in [0.1, 0.15) is 8.07 Å². The zero-order chi connectivity index (χ0) is 20.7. The lowest BCUT2D eigenvalue weighted by molar-refractivity contribution is 0.102. The summed E-state index contributed by atoms with van der Waals surface area (Å²) >= 11 is 0. The van der Waals surface area contributed by atoms with Gasteiger partial charge in [-0.05, 0) is 36.4 Å². The Kier molecular flexibility index (Phi) is 5.22. The molecule has 148 valence electrons. The van der Waals surface area contributed by atoms with Crippen molar-refractivity contribution in [1.82, 2.24) is 8.28 Å². The van der Waals surface area contributed by atoms with Crippen molar-refractivity contribution in [3.8, 4) is 0 Å². The summed E-state index contributed by atoms with van der Waals surface area (Å²) in [6, 6.07) is 16.3. The van der Waals surface area contributed by atoms with Crippen LogP contribution in [-0.4, -0.2) is 44.8 Å². The first kappa shape index (κ1) is 20.3. The third-order valence-corrected chi connectivity index (χ3v) is 8.36. The zero-order valence-electron chi connectivity index (χ0n) is 16.7. The minimum atomic E-state index is -3.67. The first-order valence-corrected chi connectivity index (χ1v) is 13.9. The maximum Gasteiger partial charge on any atom is 0.307 e. The first-order valence-electron chi connectivity index (χ1n) is 8.97. The molecule has 2 aromatic carbocycles. The van der Waals surface area contributed by atoms with Crippen LogP contribution < -0.4 is 10.6 Å². The molecular weight excluding hydrogens is 390 g/mol. The van der Waals surface area contributed by atoms with Gasteiger partial charge in [0.25, 0.3) is 5.91 Å². The Hall–Kier alpha value is -2.42. The second-order valence-electron chi connectivity index (χ2n) is 7.93. The van der Waals surface area contributed by atoms with Crippen LogP contribution in [0.1, 0.15) is 10.4 Å². The minimum absolute atomic E-state index is 0.231. The average molecular weight is 416 g/mol. The van der Waals surface area contributed by atoms with E-state index in [0.29, 0.717) is 16.8 Å². The Morgan fingerprint density at radius 3 is 2.21 bits per heavy atom. The highest BCUT2D eigenvalue weighted by atomic mass is 32.2. The Morgan fingerprint density at radius 1 is 1.00 bits per heavy atom. The number of para-hydroxylation sites is 1. The molecule has 0 bridgehead atoms. The number of carbonyl (C=O) groups excluding carboxylic acids is 1. The van der Waals surface area contributed by atoms with Gasteiger partial charge in [-0.25, -0.2) is 3.97 Å². The number of anilines is 1. The molecule has 1 amide bonds. The number of rotatable bonds is 5. The average Bonchev–Trinajstić information content (AvgIpc) is 3.02. The monoisotopic (exact) mass is 415 g/mol. The molecule has 1 aromatic heterocycles. The smallest absolute Gasteiger partial charge is 0.307 e. The maximum absolute atomic E-state index is 13.0. The molecule has 0 aliphatic heterocycles. The molecule has 0 radical (unpaired) electrons. The van der Waals surface area contributed by atoms with Crippen molar-refractivity contribution in [2.45, 2.75) is 19.6 Å². The Balaban J connectivity index is 2.12. The van der Waals surface area contributed by atoms with Crippen molar-refractivity contribution in [3.05, 3.63) is 60.2 Å². The van der Waals surface area contributed by atoms with Gasteiger partial charge < -0.3 is 5.32 Å². The van der Waals surface area contributed by atoms with Crippen molar-refractivity contribution >= 4 is 46.1 Å².